The molecule has 0 saturated heterocycles. The predicted octanol–water partition coefficient (Wildman–Crippen LogP) is 2.72. The minimum Gasteiger partial charge on any atom is -0.478 e. The first kappa shape index (κ1) is 16.2. The van der Waals surface area contributed by atoms with Gasteiger partial charge < -0.3 is 20.9 Å². The lowest BCUT2D eigenvalue weighted by Crippen LogP contribution is -2.09. The van der Waals surface area contributed by atoms with Crippen molar-refractivity contribution in [2.75, 3.05) is 24.2 Å². The zero-order valence-electron chi connectivity index (χ0n) is 11.8. The van der Waals surface area contributed by atoms with Crippen molar-refractivity contribution >= 4 is 17.3 Å². The van der Waals surface area contributed by atoms with Gasteiger partial charge in [0, 0.05) is 13.2 Å². The van der Waals surface area contributed by atoms with Crippen LogP contribution in [0.5, 0.6) is 0 Å². The number of benzene rings is 1. The summed E-state index contributed by atoms with van der Waals surface area (Å²) in [7, 11) is 0. The number of nitrogens with two attached hydrogens (primary N) is 1. The number of anilines is 2. The number of carboxylic acids is 1. The summed E-state index contributed by atoms with van der Waals surface area (Å²) in [4.78, 5) is 10.7. The molecule has 1 aromatic carbocycles. The van der Waals surface area contributed by atoms with E-state index >= 15 is 0 Å². The van der Waals surface area contributed by atoms with Gasteiger partial charge in [0.2, 0.25) is 0 Å². The SMILES string of the molecule is CC(C)OCCCCNc1cc(F)c(C(=O)O)cc1N. The number of hydrogen-bond donors (Lipinski definition) is 3. The maximum absolute atomic E-state index is 13.5. The van der Waals surface area contributed by atoms with Gasteiger partial charge in [0.05, 0.1) is 23.0 Å². The van der Waals surface area contributed by atoms with E-state index in [1.54, 1.807) is 0 Å². The van der Waals surface area contributed by atoms with E-state index in [1.807, 2.05) is 13.8 Å². The van der Waals surface area contributed by atoms with Crippen LogP contribution in [0.25, 0.3) is 0 Å². The zero-order chi connectivity index (χ0) is 15.1. The minimum absolute atomic E-state index is 0.219. The molecule has 0 heterocycles. The first-order chi connectivity index (χ1) is 9.41. The lowest BCUT2D eigenvalue weighted by Gasteiger charge is -2.11. The molecule has 6 heteroatoms. The van der Waals surface area contributed by atoms with Crippen LogP contribution in [0.15, 0.2) is 12.1 Å². The fourth-order valence-corrected chi connectivity index (χ4v) is 1.68. The Hall–Kier alpha value is -1.82. The summed E-state index contributed by atoms with van der Waals surface area (Å²) in [5, 5.41) is 11.8. The minimum atomic E-state index is -1.33. The van der Waals surface area contributed by atoms with Crippen molar-refractivity contribution in [1.82, 2.24) is 0 Å². The highest BCUT2D eigenvalue weighted by Crippen LogP contribution is 2.23. The molecule has 0 bridgehead atoms. The van der Waals surface area contributed by atoms with Crippen LogP contribution in [0.4, 0.5) is 15.8 Å². The molecule has 1 rings (SSSR count). The molecular weight excluding hydrogens is 263 g/mol. The third-order valence-corrected chi connectivity index (χ3v) is 2.71. The van der Waals surface area contributed by atoms with Gasteiger partial charge in [-0.1, -0.05) is 0 Å². The summed E-state index contributed by atoms with van der Waals surface area (Å²) < 4.78 is 18.9. The molecule has 0 fully saturated rings. The number of rotatable bonds is 8. The lowest BCUT2D eigenvalue weighted by molar-refractivity contribution is 0.0691. The number of carbonyl (C=O) groups is 1. The van der Waals surface area contributed by atoms with Gasteiger partial charge in [0.15, 0.2) is 0 Å². The Labute approximate surface area is 117 Å². The van der Waals surface area contributed by atoms with Gasteiger partial charge in [0.1, 0.15) is 5.82 Å². The molecule has 0 aliphatic heterocycles. The molecular formula is C14H21FN2O3. The molecule has 0 radical (unpaired) electrons. The fourth-order valence-electron chi connectivity index (χ4n) is 1.68. The first-order valence-corrected chi connectivity index (χ1v) is 6.59. The highest BCUT2D eigenvalue weighted by Gasteiger charge is 2.13. The topological polar surface area (TPSA) is 84.6 Å². The first-order valence-electron chi connectivity index (χ1n) is 6.59. The number of halogens is 1. The highest BCUT2D eigenvalue weighted by molar-refractivity contribution is 5.90. The standard InChI is InChI=1S/C14H21FN2O3/c1-9(2)20-6-4-3-5-17-13-8-11(15)10(14(18)19)7-12(13)16/h7-9,17H,3-6,16H2,1-2H3,(H,18,19). The number of hydrogen-bond acceptors (Lipinski definition) is 4. The number of nitrogens with one attached hydrogen (secondary N) is 1. The van der Waals surface area contributed by atoms with Gasteiger partial charge in [-0.2, -0.15) is 0 Å². The van der Waals surface area contributed by atoms with Crippen LogP contribution in [0.1, 0.15) is 37.0 Å². The Kier molecular flexibility index (Phi) is 6.24. The van der Waals surface area contributed by atoms with E-state index in [4.69, 9.17) is 15.6 Å². The average molecular weight is 284 g/mol. The van der Waals surface area contributed by atoms with E-state index in [0.717, 1.165) is 25.0 Å². The van der Waals surface area contributed by atoms with Crippen LogP contribution >= 0.6 is 0 Å². The monoisotopic (exact) mass is 284 g/mol. The van der Waals surface area contributed by atoms with Crippen LogP contribution < -0.4 is 11.1 Å². The molecule has 0 atom stereocenters. The normalized spacial score (nSPS) is 10.8. The number of carboxylic acid groups (broad SMARTS) is 1. The summed E-state index contributed by atoms with van der Waals surface area (Å²) in [6, 6.07) is 2.24. The van der Waals surface area contributed by atoms with Crippen molar-refractivity contribution in [2.24, 2.45) is 0 Å². The molecule has 1 aromatic rings. The summed E-state index contributed by atoms with van der Waals surface area (Å²) in [6.07, 6.45) is 1.96. The molecule has 0 spiro atoms. The molecule has 0 aliphatic carbocycles. The van der Waals surface area contributed by atoms with Gasteiger partial charge in [0.25, 0.3) is 0 Å². The van der Waals surface area contributed by atoms with E-state index in [-0.39, 0.29) is 11.8 Å². The molecule has 0 amide bonds. The molecule has 0 aliphatic rings. The number of unbranched alkanes of at least 4 members (excludes halogenated alkanes) is 1. The number of ether oxygens (including phenoxy) is 1. The molecule has 0 saturated carbocycles. The van der Waals surface area contributed by atoms with E-state index in [0.29, 0.717) is 18.8 Å². The van der Waals surface area contributed by atoms with Crippen molar-refractivity contribution in [3.8, 4) is 0 Å². The summed E-state index contributed by atoms with van der Waals surface area (Å²) in [5.74, 6) is -2.12. The Bertz CT molecular complexity index is 464. The van der Waals surface area contributed by atoms with Crippen molar-refractivity contribution in [3.63, 3.8) is 0 Å². The van der Waals surface area contributed by atoms with Crippen LogP contribution in [0, 0.1) is 5.82 Å². The van der Waals surface area contributed by atoms with Crippen molar-refractivity contribution in [3.05, 3.63) is 23.5 Å². The second-order valence-electron chi connectivity index (χ2n) is 4.78. The maximum Gasteiger partial charge on any atom is 0.338 e. The predicted molar refractivity (Wildman–Crippen MR) is 76.6 cm³/mol. The molecule has 20 heavy (non-hydrogen) atoms. The van der Waals surface area contributed by atoms with Gasteiger partial charge in [-0.05, 0) is 38.8 Å². The van der Waals surface area contributed by atoms with Gasteiger partial charge in [-0.25, -0.2) is 9.18 Å². The molecule has 5 nitrogen and oxygen atoms in total. The maximum atomic E-state index is 13.5. The Morgan fingerprint density at radius 3 is 2.75 bits per heavy atom. The van der Waals surface area contributed by atoms with Crippen LogP contribution in [0.3, 0.4) is 0 Å². The van der Waals surface area contributed by atoms with Gasteiger partial charge >= 0.3 is 5.97 Å². The van der Waals surface area contributed by atoms with Gasteiger partial charge in [-0.15, -0.1) is 0 Å². The van der Waals surface area contributed by atoms with E-state index in [2.05, 4.69) is 5.32 Å². The molecule has 0 aromatic heterocycles. The Morgan fingerprint density at radius 1 is 1.45 bits per heavy atom. The Balaban J connectivity index is 2.45. The molecule has 0 unspecified atom stereocenters. The number of aromatic carboxylic acids is 1. The van der Waals surface area contributed by atoms with E-state index in [1.165, 1.54) is 0 Å². The molecule has 4 N–H and O–H groups in total. The van der Waals surface area contributed by atoms with Crippen molar-refractivity contribution in [1.29, 1.82) is 0 Å². The zero-order valence-corrected chi connectivity index (χ0v) is 11.8. The average Bonchev–Trinajstić information content (AvgIpc) is 2.36. The summed E-state index contributed by atoms with van der Waals surface area (Å²) >= 11 is 0. The van der Waals surface area contributed by atoms with Crippen LogP contribution in [-0.2, 0) is 4.74 Å². The van der Waals surface area contributed by atoms with E-state index < -0.39 is 17.3 Å². The Morgan fingerprint density at radius 2 is 2.15 bits per heavy atom. The second kappa shape index (κ2) is 7.69. The van der Waals surface area contributed by atoms with Crippen molar-refractivity contribution < 1.29 is 19.0 Å². The summed E-state index contributed by atoms with van der Waals surface area (Å²) in [6.45, 7) is 5.26. The summed E-state index contributed by atoms with van der Waals surface area (Å²) in [5.41, 5.74) is 5.91. The van der Waals surface area contributed by atoms with Crippen LogP contribution in [0.2, 0.25) is 0 Å². The fraction of sp³-hybridized carbons (Fsp3) is 0.500. The van der Waals surface area contributed by atoms with Crippen LogP contribution in [-0.4, -0.2) is 30.3 Å². The van der Waals surface area contributed by atoms with Gasteiger partial charge in [-0.3, -0.25) is 0 Å². The third kappa shape index (κ3) is 5.05. The number of nitrogen functional groups attached to an aromatic ring is 1. The second-order valence-corrected chi connectivity index (χ2v) is 4.78. The third-order valence-electron chi connectivity index (χ3n) is 2.71. The lowest BCUT2D eigenvalue weighted by atomic mass is 10.1. The quantitative estimate of drug-likeness (QED) is 0.505. The highest BCUT2D eigenvalue weighted by atomic mass is 19.1. The molecule has 112 valence electrons. The largest absolute Gasteiger partial charge is 0.478 e. The van der Waals surface area contributed by atoms with E-state index in [9.17, 15) is 9.18 Å². The van der Waals surface area contributed by atoms with Crippen molar-refractivity contribution in [2.45, 2.75) is 32.8 Å². The smallest absolute Gasteiger partial charge is 0.338 e.